The molecule has 0 radical (unpaired) electrons. The van der Waals surface area contributed by atoms with Crippen LogP contribution in [0.2, 0.25) is 0 Å². The second-order valence-corrected chi connectivity index (χ2v) is 6.24. The summed E-state index contributed by atoms with van der Waals surface area (Å²) in [6.45, 7) is 1.94. The number of benzene rings is 1. The minimum absolute atomic E-state index is 0.185. The van der Waals surface area contributed by atoms with Crippen molar-refractivity contribution in [3.8, 4) is 0 Å². The van der Waals surface area contributed by atoms with Crippen molar-refractivity contribution in [2.75, 3.05) is 37.8 Å². The Labute approximate surface area is 121 Å². The third-order valence-electron chi connectivity index (χ3n) is 3.33. The maximum absolute atomic E-state index is 13.7. The molecule has 1 saturated heterocycles. The molecular weight excluding hydrogens is 344 g/mol. The normalized spacial score (nSPS) is 19.8. The molecule has 0 saturated carbocycles. The van der Waals surface area contributed by atoms with Gasteiger partial charge in [0.25, 0.3) is 0 Å². The van der Waals surface area contributed by atoms with Gasteiger partial charge in [0.15, 0.2) is 0 Å². The van der Waals surface area contributed by atoms with Crippen LogP contribution in [0.15, 0.2) is 12.1 Å². The van der Waals surface area contributed by atoms with Crippen molar-refractivity contribution >= 4 is 34.0 Å². The number of nitrogens with zero attached hydrogens (tertiary/aromatic N) is 2. The average molecular weight is 363 g/mol. The predicted octanol–water partition coefficient (Wildman–Crippen LogP) is 2.54. The molecule has 18 heavy (non-hydrogen) atoms. The number of anilines is 2. The van der Waals surface area contributed by atoms with Crippen molar-refractivity contribution in [3.05, 3.63) is 21.5 Å². The Balaban J connectivity index is 2.27. The fourth-order valence-corrected chi connectivity index (χ4v) is 3.06. The average Bonchev–Trinajstić information content (AvgIpc) is 2.70. The van der Waals surface area contributed by atoms with E-state index in [-0.39, 0.29) is 5.82 Å². The molecule has 0 aromatic heterocycles. The van der Waals surface area contributed by atoms with E-state index in [0.717, 1.165) is 31.6 Å². The molecule has 1 aromatic carbocycles. The molecule has 1 atom stereocenters. The van der Waals surface area contributed by atoms with Crippen LogP contribution in [0.4, 0.5) is 15.8 Å². The summed E-state index contributed by atoms with van der Waals surface area (Å²) in [5.74, 6) is -0.185. The molecule has 0 spiro atoms. The van der Waals surface area contributed by atoms with Crippen LogP contribution in [-0.4, -0.2) is 38.1 Å². The Morgan fingerprint density at radius 3 is 2.89 bits per heavy atom. The van der Waals surface area contributed by atoms with E-state index in [0.29, 0.717) is 15.3 Å². The van der Waals surface area contributed by atoms with Crippen LogP contribution in [0.25, 0.3) is 0 Å². The molecule has 100 valence electrons. The Morgan fingerprint density at radius 2 is 2.22 bits per heavy atom. The van der Waals surface area contributed by atoms with Crippen molar-refractivity contribution in [1.82, 2.24) is 4.90 Å². The molecule has 0 aliphatic carbocycles. The molecule has 1 heterocycles. The first-order chi connectivity index (χ1) is 8.49. The number of rotatable bonds is 3. The van der Waals surface area contributed by atoms with Crippen molar-refractivity contribution < 1.29 is 4.39 Å². The quantitative estimate of drug-likeness (QED) is 0.662. The fourth-order valence-electron chi connectivity index (χ4n) is 2.56. The van der Waals surface area contributed by atoms with E-state index in [2.05, 4.69) is 23.9 Å². The number of halogens is 2. The summed E-state index contributed by atoms with van der Waals surface area (Å²) in [5.41, 5.74) is 7.55. The maximum atomic E-state index is 13.7. The van der Waals surface area contributed by atoms with Gasteiger partial charge in [0.2, 0.25) is 0 Å². The highest BCUT2D eigenvalue weighted by molar-refractivity contribution is 14.1. The van der Waals surface area contributed by atoms with Crippen molar-refractivity contribution in [2.45, 2.75) is 18.9 Å². The standard InChI is InChI=1S/C13H19FIN3/c1-17(2)8-9-4-3-5-18(9)13-6-10(14)11(15)7-12(13)16/h6-7,9H,3-5,8,16H2,1-2H3. The van der Waals surface area contributed by atoms with Crippen LogP contribution in [0.5, 0.6) is 0 Å². The summed E-state index contributed by atoms with van der Waals surface area (Å²) in [6.07, 6.45) is 2.29. The summed E-state index contributed by atoms with van der Waals surface area (Å²) >= 11 is 1.97. The van der Waals surface area contributed by atoms with Crippen molar-refractivity contribution in [1.29, 1.82) is 0 Å². The van der Waals surface area contributed by atoms with Crippen LogP contribution in [0.1, 0.15) is 12.8 Å². The highest BCUT2D eigenvalue weighted by atomic mass is 127. The van der Waals surface area contributed by atoms with E-state index >= 15 is 0 Å². The predicted molar refractivity (Wildman–Crippen MR) is 82.5 cm³/mol. The number of nitrogens with two attached hydrogens (primary N) is 1. The van der Waals surface area contributed by atoms with Gasteiger partial charge in [-0.05, 0) is 55.6 Å². The van der Waals surface area contributed by atoms with Gasteiger partial charge in [0.1, 0.15) is 5.82 Å². The Kier molecular flexibility index (Phi) is 4.32. The molecule has 1 unspecified atom stereocenters. The van der Waals surface area contributed by atoms with Gasteiger partial charge >= 0.3 is 0 Å². The minimum atomic E-state index is -0.185. The molecule has 1 aromatic rings. The molecular formula is C13H19FIN3. The smallest absolute Gasteiger partial charge is 0.138 e. The number of hydrogen-bond acceptors (Lipinski definition) is 3. The van der Waals surface area contributed by atoms with Crippen molar-refractivity contribution in [3.63, 3.8) is 0 Å². The van der Waals surface area contributed by atoms with Gasteiger partial charge in [0.05, 0.1) is 14.9 Å². The lowest BCUT2D eigenvalue weighted by Crippen LogP contribution is -2.38. The first-order valence-electron chi connectivity index (χ1n) is 6.15. The molecule has 1 fully saturated rings. The van der Waals surface area contributed by atoms with E-state index < -0.39 is 0 Å². The van der Waals surface area contributed by atoms with E-state index in [1.165, 1.54) is 0 Å². The van der Waals surface area contributed by atoms with Crippen LogP contribution in [0, 0.1) is 9.39 Å². The van der Waals surface area contributed by atoms with Crippen LogP contribution in [0.3, 0.4) is 0 Å². The summed E-state index contributed by atoms with van der Waals surface area (Å²) in [4.78, 5) is 4.41. The molecule has 2 rings (SSSR count). The largest absolute Gasteiger partial charge is 0.397 e. The SMILES string of the molecule is CN(C)CC1CCCN1c1cc(F)c(I)cc1N. The second-order valence-electron chi connectivity index (χ2n) is 5.08. The summed E-state index contributed by atoms with van der Waals surface area (Å²) in [6, 6.07) is 3.73. The Bertz CT molecular complexity index is 436. The van der Waals surface area contributed by atoms with E-state index in [1.807, 2.05) is 22.6 Å². The number of hydrogen-bond donors (Lipinski definition) is 1. The molecule has 3 nitrogen and oxygen atoms in total. The van der Waals surface area contributed by atoms with Gasteiger partial charge in [0, 0.05) is 25.2 Å². The molecule has 1 aliphatic rings. The van der Waals surface area contributed by atoms with E-state index in [4.69, 9.17) is 5.73 Å². The lowest BCUT2D eigenvalue weighted by molar-refractivity contribution is 0.372. The molecule has 0 bridgehead atoms. The van der Waals surface area contributed by atoms with Gasteiger partial charge < -0.3 is 15.5 Å². The zero-order valence-corrected chi connectivity index (χ0v) is 12.9. The Morgan fingerprint density at radius 1 is 1.50 bits per heavy atom. The lowest BCUT2D eigenvalue weighted by atomic mass is 10.2. The van der Waals surface area contributed by atoms with E-state index in [1.54, 1.807) is 12.1 Å². The monoisotopic (exact) mass is 363 g/mol. The third-order valence-corrected chi connectivity index (χ3v) is 4.16. The zero-order chi connectivity index (χ0) is 13.3. The summed E-state index contributed by atoms with van der Waals surface area (Å²) in [5, 5.41) is 0. The van der Waals surface area contributed by atoms with Gasteiger partial charge in [-0.15, -0.1) is 0 Å². The van der Waals surface area contributed by atoms with Gasteiger partial charge in [-0.2, -0.15) is 0 Å². The highest BCUT2D eigenvalue weighted by Gasteiger charge is 2.27. The first-order valence-corrected chi connectivity index (χ1v) is 7.23. The number of nitrogen functional groups attached to an aromatic ring is 1. The van der Waals surface area contributed by atoms with Crippen LogP contribution >= 0.6 is 22.6 Å². The third kappa shape index (κ3) is 2.88. The molecule has 0 amide bonds. The van der Waals surface area contributed by atoms with Gasteiger partial charge in [-0.3, -0.25) is 0 Å². The summed E-state index contributed by atoms with van der Waals surface area (Å²) in [7, 11) is 4.13. The molecule has 5 heteroatoms. The zero-order valence-electron chi connectivity index (χ0n) is 10.8. The van der Waals surface area contributed by atoms with Gasteiger partial charge in [-0.1, -0.05) is 0 Å². The molecule has 1 aliphatic heterocycles. The fraction of sp³-hybridized carbons (Fsp3) is 0.538. The minimum Gasteiger partial charge on any atom is -0.397 e. The number of likely N-dealkylation sites (N-methyl/N-ethyl adjacent to an activating group) is 1. The lowest BCUT2D eigenvalue weighted by Gasteiger charge is -2.30. The maximum Gasteiger partial charge on any atom is 0.138 e. The van der Waals surface area contributed by atoms with Gasteiger partial charge in [-0.25, -0.2) is 4.39 Å². The van der Waals surface area contributed by atoms with Crippen LogP contribution in [-0.2, 0) is 0 Å². The van der Waals surface area contributed by atoms with Crippen molar-refractivity contribution in [2.24, 2.45) is 0 Å². The molecule has 2 N–H and O–H groups in total. The first kappa shape index (κ1) is 13.9. The van der Waals surface area contributed by atoms with Crippen LogP contribution < -0.4 is 10.6 Å². The Hall–Kier alpha value is -0.560. The summed E-state index contributed by atoms with van der Waals surface area (Å²) < 4.78 is 14.3. The van der Waals surface area contributed by atoms with E-state index in [9.17, 15) is 4.39 Å². The topological polar surface area (TPSA) is 32.5 Å². The highest BCUT2D eigenvalue weighted by Crippen LogP contribution is 2.33. The second kappa shape index (κ2) is 5.61.